The van der Waals surface area contributed by atoms with Gasteiger partial charge in [-0.2, -0.15) is 5.10 Å². The van der Waals surface area contributed by atoms with Gasteiger partial charge >= 0.3 is 0 Å². The van der Waals surface area contributed by atoms with E-state index in [2.05, 4.69) is 10.5 Å². The summed E-state index contributed by atoms with van der Waals surface area (Å²) in [4.78, 5) is 22.6. The molecule has 0 spiro atoms. The van der Waals surface area contributed by atoms with Crippen molar-refractivity contribution in [2.24, 2.45) is 5.10 Å². The molecule has 0 atom stereocenters. The lowest BCUT2D eigenvalue weighted by Gasteiger charge is -2.08. The largest absolute Gasteiger partial charge is 0.272 e. The highest BCUT2D eigenvalue weighted by atomic mass is 35.5. The van der Waals surface area contributed by atoms with Gasteiger partial charge in [-0.1, -0.05) is 36.2 Å². The molecule has 0 radical (unpaired) electrons. The molecule has 0 fully saturated rings. The molecule has 0 saturated heterocycles. The van der Waals surface area contributed by atoms with Crippen molar-refractivity contribution >= 4 is 40.5 Å². The monoisotopic (exact) mass is 379 g/mol. The van der Waals surface area contributed by atoms with Crippen molar-refractivity contribution in [2.45, 2.75) is 20.3 Å². The Balaban J connectivity index is 2.22. The molecule has 8 heteroatoms. The van der Waals surface area contributed by atoms with Crippen LogP contribution >= 0.6 is 23.2 Å². The number of benzene rings is 2. The minimum Gasteiger partial charge on any atom is -0.267 e. The molecule has 2 aromatic carbocycles. The van der Waals surface area contributed by atoms with Gasteiger partial charge in [0, 0.05) is 27.8 Å². The van der Waals surface area contributed by atoms with Crippen LogP contribution in [0.15, 0.2) is 41.5 Å². The molecule has 2 rings (SSSR count). The van der Waals surface area contributed by atoms with Crippen LogP contribution < -0.4 is 5.43 Å². The van der Waals surface area contributed by atoms with Gasteiger partial charge in [0.05, 0.1) is 15.7 Å². The molecule has 0 unspecified atom stereocenters. The number of rotatable bonds is 5. The van der Waals surface area contributed by atoms with Crippen molar-refractivity contribution in [1.82, 2.24) is 5.43 Å². The minimum absolute atomic E-state index is 0.0396. The molecule has 0 aliphatic rings. The summed E-state index contributed by atoms with van der Waals surface area (Å²) in [6.45, 7) is 3.45. The second kappa shape index (κ2) is 8.09. The lowest BCUT2D eigenvalue weighted by Crippen LogP contribution is -2.20. The zero-order valence-corrected chi connectivity index (χ0v) is 15.1. The van der Waals surface area contributed by atoms with Gasteiger partial charge in [-0.05, 0) is 37.6 Å². The van der Waals surface area contributed by atoms with Crippen molar-refractivity contribution in [3.63, 3.8) is 0 Å². The molecular weight excluding hydrogens is 365 g/mol. The molecule has 130 valence electrons. The molecule has 0 saturated carbocycles. The number of carbonyl (C=O) groups is 1. The maximum atomic E-state index is 12.2. The van der Waals surface area contributed by atoms with E-state index >= 15 is 0 Å². The topological polar surface area (TPSA) is 84.6 Å². The average molecular weight is 380 g/mol. The van der Waals surface area contributed by atoms with Crippen LogP contribution in [0.5, 0.6) is 0 Å². The van der Waals surface area contributed by atoms with Crippen molar-refractivity contribution in [3.8, 4) is 0 Å². The predicted molar refractivity (Wildman–Crippen MR) is 98.6 cm³/mol. The van der Waals surface area contributed by atoms with Gasteiger partial charge in [0.2, 0.25) is 0 Å². The first-order valence-electron chi connectivity index (χ1n) is 7.40. The zero-order chi connectivity index (χ0) is 18.6. The lowest BCUT2D eigenvalue weighted by molar-refractivity contribution is -0.385. The van der Waals surface area contributed by atoms with Gasteiger partial charge < -0.3 is 0 Å². The minimum atomic E-state index is -0.493. The number of aryl methyl sites for hydroxylation is 1. The number of amides is 1. The summed E-state index contributed by atoms with van der Waals surface area (Å²) in [5, 5.41) is 15.9. The number of nitrogens with zero attached hydrogens (tertiary/aromatic N) is 2. The third-order valence-corrected chi connectivity index (χ3v) is 4.07. The van der Waals surface area contributed by atoms with Crippen molar-refractivity contribution < 1.29 is 9.72 Å². The van der Waals surface area contributed by atoms with Gasteiger partial charge in [-0.3, -0.25) is 14.9 Å². The highest BCUT2D eigenvalue weighted by Gasteiger charge is 2.14. The van der Waals surface area contributed by atoms with Crippen molar-refractivity contribution in [3.05, 3.63) is 73.2 Å². The summed E-state index contributed by atoms with van der Waals surface area (Å²) in [6, 6.07) is 9.15. The van der Waals surface area contributed by atoms with Gasteiger partial charge in [0.25, 0.3) is 11.6 Å². The third-order valence-electron chi connectivity index (χ3n) is 3.53. The van der Waals surface area contributed by atoms with Gasteiger partial charge in [0.1, 0.15) is 0 Å². The first-order chi connectivity index (χ1) is 11.8. The maximum Gasteiger partial charge on any atom is 0.272 e. The number of nitro groups is 1. The molecule has 0 heterocycles. The van der Waals surface area contributed by atoms with Crippen molar-refractivity contribution in [2.75, 3.05) is 0 Å². The highest BCUT2D eigenvalue weighted by molar-refractivity contribution is 6.37. The van der Waals surface area contributed by atoms with E-state index in [0.717, 1.165) is 0 Å². The fourth-order valence-corrected chi connectivity index (χ4v) is 2.76. The van der Waals surface area contributed by atoms with Crippen LogP contribution in [0.4, 0.5) is 5.69 Å². The Hall–Kier alpha value is -2.44. The average Bonchev–Trinajstić information content (AvgIpc) is 2.56. The van der Waals surface area contributed by atoms with E-state index in [9.17, 15) is 14.9 Å². The van der Waals surface area contributed by atoms with Crippen LogP contribution in [0, 0.1) is 17.0 Å². The summed E-state index contributed by atoms with van der Waals surface area (Å²) in [6.07, 6.45) is 0.543. The number of nitrogens with one attached hydrogen (secondary N) is 1. The SMILES string of the molecule is CCC(=NNC(=O)c1ccc([N+](=O)[O-])c(C)c1)c1ccc(Cl)cc1Cl. The van der Waals surface area contributed by atoms with Crippen LogP contribution in [0.25, 0.3) is 0 Å². The molecule has 0 aliphatic carbocycles. The summed E-state index contributed by atoms with van der Waals surface area (Å²) in [5.41, 5.74) is 4.36. The predicted octanol–water partition coefficient (Wildman–Crippen LogP) is 4.75. The maximum absolute atomic E-state index is 12.2. The molecule has 0 aromatic heterocycles. The van der Waals surface area contributed by atoms with E-state index in [0.29, 0.717) is 33.3 Å². The van der Waals surface area contributed by atoms with E-state index in [1.54, 1.807) is 25.1 Å². The summed E-state index contributed by atoms with van der Waals surface area (Å²) < 4.78 is 0. The first kappa shape index (κ1) is 18.9. The summed E-state index contributed by atoms with van der Waals surface area (Å²) in [7, 11) is 0. The van der Waals surface area contributed by atoms with Crippen LogP contribution in [0.3, 0.4) is 0 Å². The van der Waals surface area contributed by atoms with Gasteiger partial charge in [0.15, 0.2) is 0 Å². The van der Waals surface area contributed by atoms with E-state index in [1.807, 2.05) is 6.92 Å². The number of hydrazone groups is 1. The molecule has 6 nitrogen and oxygen atoms in total. The summed E-state index contributed by atoms with van der Waals surface area (Å²) in [5.74, 6) is -0.464. The number of hydrogen-bond donors (Lipinski definition) is 1. The van der Waals surface area contributed by atoms with Crippen LogP contribution in [-0.4, -0.2) is 16.5 Å². The second-order valence-corrected chi connectivity index (χ2v) is 6.08. The second-order valence-electron chi connectivity index (χ2n) is 5.24. The number of hydrogen-bond acceptors (Lipinski definition) is 4. The molecular formula is C17H15Cl2N3O3. The molecule has 0 bridgehead atoms. The molecule has 1 N–H and O–H groups in total. The van der Waals surface area contributed by atoms with Crippen LogP contribution in [0.2, 0.25) is 10.0 Å². The first-order valence-corrected chi connectivity index (χ1v) is 8.16. The quantitative estimate of drug-likeness (QED) is 0.461. The van der Waals surface area contributed by atoms with Crippen LogP contribution in [-0.2, 0) is 0 Å². The summed E-state index contributed by atoms with van der Waals surface area (Å²) >= 11 is 12.0. The van der Waals surface area contributed by atoms with Crippen molar-refractivity contribution in [1.29, 1.82) is 0 Å². The molecule has 25 heavy (non-hydrogen) atoms. The Kier molecular flexibility index (Phi) is 6.12. The lowest BCUT2D eigenvalue weighted by atomic mass is 10.1. The highest BCUT2D eigenvalue weighted by Crippen LogP contribution is 2.22. The number of carbonyl (C=O) groups excluding carboxylic acids is 1. The Morgan fingerprint density at radius 2 is 1.96 bits per heavy atom. The molecule has 0 aliphatic heterocycles. The standard InChI is InChI=1S/C17H15Cl2N3O3/c1-3-15(13-6-5-12(18)9-14(13)19)20-21-17(23)11-4-7-16(22(24)25)10(2)8-11/h4-9H,3H2,1-2H3,(H,21,23). The fraction of sp³-hybridized carbons (Fsp3) is 0.176. The third kappa shape index (κ3) is 4.55. The Morgan fingerprint density at radius 3 is 2.52 bits per heavy atom. The van der Waals surface area contributed by atoms with Gasteiger partial charge in [-0.15, -0.1) is 0 Å². The number of halogens is 2. The Bertz CT molecular complexity index is 866. The van der Waals surface area contributed by atoms with Gasteiger partial charge in [-0.25, -0.2) is 5.43 Å². The Labute approximate surface area is 154 Å². The van der Waals surface area contributed by atoms with E-state index in [4.69, 9.17) is 23.2 Å². The smallest absolute Gasteiger partial charge is 0.267 e. The molecule has 1 amide bonds. The molecule has 2 aromatic rings. The zero-order valence-electron chi connectivity index (χ0n) is 13.5. The van der Waals surface area contributed by atoms with E-state index < -0.39 is 10.8 Å². The van der Waals surface area contributed by atoms with Crippen LogP contribution in [0.1, 0.15) is 34.8 Å². The normalized spacial score (nSPS) is 11.3. The van der Waals surface area contributed by atoms with E-state index in [-0.39, 0.29) is 11.3 Å². The Morgan fingerprint density at radius 1 is 1.24 bits per heavy atom. The fourth-order valence-electron chi connectivity index (χ4n) is 2.24. The number of nitro benzene ring substituents is 1. The van der Waals surface area contributed by atoms with E-state index in [1.165, 1.54) is 18.2 Å².